The van der Waals surface area contributed by atoms with Crippen LogP contribution in [0.1, 0.15) is 61.2 Å². The first-order chi connectivity index (χ1) is 13.9. The fourth-order valence-corrected chi connectivity index (χ4v) is 10.7. The number of benzene rings is 1. The number of rotatable bonds is 9. The number of alkyl halides is 4. The molecule has 0 amide bonds. The molecule has 1 fully saturated rings. The van der Waals surface area contributed by atoms with Crippen molar-refractivity contribution in [2.75, 3.05) is 14.3 Å². The van der Waals surface area contributed by atoms with Crippen molar-refractivity contribution < 1.29 is 75.7 Å². The summed E-state index contributed by atoms with van der Waals surface area (Å²) in [7, 11) is 0. The molecule has 1 aliphatic heterocycles. The van der Waals surface area contributed by atoms with Crippen LogP contribution in [-0.4, -0.2) is 40.9 Å². The first kappa shape index (κ1) is 21.6. The Hall–Kier alpha value is -0.660. The van der Waals surface area contributed by atoms with Gasteiger partial charge in [-0.1, -0.05) is 0 Å². The number of aliphatic hydroxyl groups is 1. The number of carbonyl (C=O) groups is 2. The number of halogens is 2. The van der Waals surface area contributed by atoms with Crippen LogP contribution in [0.3, 0.4) is 0 Å². The Bertz CT molecular complexity index is 916. The summed E-state index contributed by atoms with van der Waals surface area (Å²) < 4.78 is 23.5. The monoisotopic (exact) mass is 630 g/mol. The molecule has 2 unspecified atom stereocenters. The molecule has 2 aliphatic rings. The molecule has 162 valence electrons. The normalized spacial score (nSPS) is 19.9. The van der Waals surface area contributed by atoms with E-state index in [2.05, 4.69) is 9.86 Å². The van der Waals surface area contributed by atoms with Crippen molar-refractivity contribution in [3.05, 3.63) is 11.1 Å². The summed E-state index contributed by atoms with van der Waals surface area (Å²) in [6.07, 6.45) is 3.26. The molecule has 4 rings (SSSR count). The van der Waals surface area contributed by atoms with Crippen molar-refractivity contribution >= 4 is 23.1 Å². The number of hydrogen-bond donors (Lipinski definition) is 1. The van der Waals surface area contributed by atoms with Crippen LogP contribution in [0.5, 0.6) is 11.5 Å². The quantitative estimate of drug-likeness (QED) is 0.103. The maximum atomic E-state index is 12.7. The van der Waals surface area contributed by atoms with E-state index < -0.39 is 17.9 Å². The molecule has 9 heteroatoms. The zero-order valence-electron chi connectivity index (χ0n) is 16.5. The second kappa shape index (κ2) is 8.46. The summed E-state index contributed by atoms with van der Waals surface area (Å²) in [6, 6.07) is 0. The molecule has 7 nitrogen and oxygen atoms in total. The molecule has 29 heavy (non-hydrogen) atoms. The number of esters is 2. The van der Waals surface area contributed by atoms with Crippen molar-refractivity contribution in [3.8, 4) is 11.5 Å². The Morgan fingerprint density at radius 2 is 2.00 bits per heavy atom. The van der Waals surface area contributed by atoms with Crippen LogP contribution in [0.25, 0.3) is 11.2 Å². The van der Waals surface area contributed by atoms with Crippen molar-refractivity contribution in [1.82, 2.24) is 0 Å². The predicted octanol–water partition coefficient (Wildman–Crippen LogP) is -3.15. The van der Waals surface area contributed by atoms with E-state index in [0.29, 0.717) is 0 Å². The van der Waals surface area contributed by atoms with Gasteiger partial charge in [-0.3, -0.25) is 0 Å². The topological polar surface area (TPSA) is 95.2 Å². The molecule has 0 saturated heterocycles. The van der Waals surface area contributed by atoms with Gasteiger partial charge in [-0.25, -0.2) is 0 Å². The van der Waals surface area contributed by atoms with E-state index in [-0.39, 0.29) is 86.1 Å². The van der Waals surface area contributed by atoms with E-state index in [0.717, 1.165) is 36.5 Å². The Balaban J connectivity index is 1.66. The van der Waals surface area contributed by atoms with Crippen molar-refractivity contribution in [3.63, 3.8) is 0 Å². The van der Waals surface area contributed by atoms with E-state index in [9.17, 15) is 14.7 Å². The van der Waals surface area contributed by atoms with Crippen LogP contribution < -0.4 is 51.9 Å². The molecule has 1 aliphatic carbocycles. The molecule has 1 saturated carbocycles. The molecule has 2 atom stereocenters. The average Bonchev–Trinajstić information content (AvgIpc) is 3.44. The second-order valence-electron chi connectivity index (χ2n) is 7.34. The molecular weight excluding hydrogens is 606 g/mol. The molecule has 0 spiro atoms. The Kier molecular flexibility index (Phi) is 6.29. The van der Waals surface area contributed by atoms with Crippen LogP contribution >= 0.6 is 0 Å². The van der Waals surface area contributed by atoms with Crippen molar-refractivity contribution in [2.45, 2.75) is 54.8 Å². The molecule has 2 bridgehead atoms. The molecule has 0 aromatic carbocycles. The Morgan fingerprint density at radius 1 is 1.28 bits per heavy atom. The van der Waals surface area contributed by atoms with Crippen LogP contribution in [0.15, 0.2) is 4.42 Å². The van der Waals surface area contributed by atoms with Gasteiger partial charge in [0, 0.05) is 0 Å². The summed E-state index contributed by atoms with van der Waals surface area (Å²) in [5.74, 6) is -0.668. The number of ether oxygens (including phenoxy) is 3. The summed E-state index contributed by atoms with van der Waals surface area (Å²) in [5.41, 5.74) is 0.409. The first-order valence-electron chi connectivity index (χ1n) is 9.58. The Labute approximate surface area is 189 Å². The second-order valence-corrected chi connectivity index (χ2v) is 12.5. The van der Waals surface area contributed by atoms with Gasteiger partial charge < -0.3 is 0 Å². The van der Waals surface area contributed by atoms with Crippen molar-refractivity contribution in [2.24, 2.45) is 0 Å². The van der Waals surface area contributed by atoms with Crippen LogP contribution in [-0.2, 0) is 9.53 Å². The molecule has 2 aromatic heterocycles. The zero-order chi connectivity index (χ0) is 20.8. The molecule has 3 heterocycles. The van der Waals surface area contributed by atoms with Gasteiger partial charge in [0.1, 0.15) is 0 Å². The third-order valence-electron chi connectivity index (χ3n) is 5.74. The minimum absolute atomic E-state index is 0.0360. The van der Waals surface area contributed by atoms with Gasteiger partial charge in [0.05, 0.1) is 0 Å². The van der Waals surface area contributed by atoms with Gasteiger partial charge in [0.15, 0.2) is 0 Å². The number of aliphatic hydroxyl groups excluding tert-OH is 1. The average molecular weight is 630 g/mol. The van der Waals surface area contributed by atoms with E-state index in [1.807, 2.05) is 6.92 Å². The van der Waals surface area contributed by atoms with Gasteiger partial charge in [-0.2, -0.15) is 0 Å². The van der Waals surface area contributed by atoms with Gasteiger partial charge in [0.25, 0.3) is 0 Å². The predicted molar refractivity (Wildman–Crippen MR) is 96.0 cm³/mol. The third kappa shape index (κ3) is 3.65. The summed E-state index contributed by atoms with van der Waals surface area (Å²) in [6.45, 7) is 2.04. The minimum atomic E-state index is -1.34. The zero-order valence-corrected chi connectivity index (χ0v) is 20.9. The Morgan fingerprint density at radius 3 is 2.62 bits per heavy atom. The molecule has 1 N–H and O–H groups in total. The van der Waals surface area contributed by atoms with Gasteiger partial charge >= 0.3 is 191 Å². The van der Waals surface area contributed by atoms with E-state index in [1.165, 1.54) is 0 Å². The fraction of sp³-hybridized carbons (Fsp3) is 0.600. The molecule has 0 radical (unpaired) electrons. The summed E-state index contributed by atoms with van der Waals surface area (Å²) >= 11 is -0.352. The van der Waals surface area contributed by atoms with E-state index >= 15 is 0 Å². The molecular formula is C20H24I2O7-2. The number of carbonyl (C=O) groups excluding carboxylic acids is 2. The van der Waals surface area contributed by atoms with Crippen LogP contribution in [0.2, 0.25) is 0 Å². The fourth-order valence-electron chi connectivity index (χ4n) is 4.13. The number of fused-ring (bicyclic) bond motifs is 1. The summed E-state index contributed by atoms with van der Waals surface area (Å²) in [5, 5.41) is 10.9. The third-order valence-corrected chi connectivity index (χ3v) is 11.6. The van der Waals surface area contributed by atoms with Gasteiger partial charge in [-0.05, 0) is 0 Å². The first-order valence-corrected chi connectivity index (χ1v) is 16.7. The van der Waals surface area contributed by atoms with E-state index in [1.54, 1.807) is 0 Å². The number of furan rings is 2. The SMILES string of the molecule is CCC1(OC(O)c2c3c4oc2c(OC(=O)C(C[I-]C)[I-]C)c4OC3=O)CCCC1. The van der Waals surface area contributed by atoms with E-state index in [4.69, 9.17) is 18.6 Å². The van der Waals surface area contributed by atoms with Gasteiger partial charge in [0.2, 0.25) is 0 Å². The number of hydrogen-bond acceptors (Lipinski definition) is 7. The standard InChI is InChI=1S/C20H24I2O7/c1-4-20(7-5-6-8-20)29-19(25)12-11-13-16(28-18(11)24)15(14(12)26-13)27-17(23)10(22-3)9-21-2/h10,19,25H,4-9H2,1-3H3/q-2. The maximum absolute atomic E-state index is 12.7. The van der Waals surface area contributed by atoms with Crippen LogP contribution in [0.4, 0.5) is 0 Å². The van der Waals surface area contributed by atoms with Gasteiger partial charge in [-0.15, -0.1) is 0 Å². The van der Waals surface area contributed by atoms with Crippen LogP contribution in [0, 0.1) is 0 Å². The van der Waals surface area contributed by atoms with Crippen molar-refractivity contribution in [1.29, 1.82) is 0 Å². The summed E-state index contributed by atoms with van der Waals surface area (Å²) in [4.78, 5) is 29.3. The molecule has 2 aromatic rings.